The lowest BCUT2D eigenvalue weighted by Crippen LogP contribution is -2.22. The van der Waals surface area contributed by atoms with E-state index in [1.54, 1.807) is 0 Å². The molecule has 0 saturated carbocycles. The molecule has 0 aliphatic rings. The van der Waals surface area contributed by atoms with E-state index in [2.05, 4.69) is 29.4 Å². The van der Waals surface area contributed by atoms with Crippen molar-refractivity contribution in [3.63, 3.8) is 0 Å². The van der Waals surface area contributed by atoms with Gasteiger partial charge in [0.1, 0.15) is 0 Å². The highest BCUT2D eigenvalue weighted by atomic mass is 32.1. The first kappa shape index (κ1) is 12.4. The van der Waals surface area contributed by atoms with E-state index in [-0.39, 0.29) is 0 Å². The van der Waals surface area contributed by atoms with Gasteiger partial charge < -0.3 is 10.1 Å². The van der Waals surface area contributed by atoms with Crippen molar-refractivity contribution in [1.82, 2.24) is 5.32 Å². The smallest absolute Gasteiger partial charge is 0.0591 e. The van der Waals surface area contributed by atoms with Crippen LogP contribution in [0, 0.1) is 0 Å². The van der Waals surface area contributed by atoms with E-state index in [0.29, 0.717) is 0 Å². The molecule has 1 N–H and O–H groups in total. The third-order valence-electron chi connectivity index (χ3n) is 2.02. The molecule has 1 rings (SSSR count). The monoisotopic (exact) mass is 225 g/mol. The molecule has 0 unspecified atom stereocenters. The second kappa shape index (κ2) is 8.65. The molecule has 1 aromatic heterocycles. The predicted molar refractivity (Wildman–Crippen MR) is 66.5 cm³/mol. The average Bonchev–Trinajstić information content (AvgIpc) is 2.75. The first-order valence-electron chi connectivity index (χ1n) is 5.35. The van der Waals surface area contributed by atoms with E-state index in [4.69, 9.17) is 4.74 Å². The number of hydrogen-bond acceptors (Lipinski definition) is 3. The summed E-state index contributed by atoms with van der Waals surface area (Å²) in [6.07, 6.45) is 3.93. The molecule has 15 heavy (non-hydrogen) atoms. The van der Waals surface area contributed by atoms with Crippen molar-refractivity contribution in [3.05, 3.63) is 35.0 Å². The molecule has 0 saturated heterocycles. The van der Waals surface area contributed by atoms with Gasteiger partial charge in [0.2, 0.25) is 0 Å². The van der Waals surface area contributed by atoms with Gasteiger partial charge in [-0.25, -0.2) is 0 Å². The Hall–Kier alpha value is -0.640. The lowest BCUT2D eigenvalue weighted by molar-refractivity contribution is 0.140. The first-order chi connectivity index (χ1) is 7.43. The molecule has 3 heteroatoms. The topological polar surface area (TPSA) is 21.3 Å². The Balaban J connectivity index is 1.83. The van der Waals surface area contributed by atoms with E-state index in [1.165, 1.54) is 4.88 Å². The number of thiophene rings is 1. The Morgan fingerprint density at radius 1 is 1.40 bits per heavy atom. The molecule has 84 valence electrons. The third-order valence-corrected chi connectivity index (χ3v) is 2.95. The molecule has 0 aliphatic carbocycles. The number of nitrogens with one attached hydrogen (secondary N) is 1. The Bertz CT molecular complexity index is 246. The fraction of sp³-hybridized carbons (Fsp3) is 0.500. The van der Waals surface area contributed by atoms with E-state index in [9.17, 15) is 0 Å². The highest BCUT2D eigenvalue weighted by Crippen LogP contribution is 2.07. The van der Waals surface area contributed by atoms with Crippen LogP contribution in [0.25, 0.3) is 0 Å². The quantitative estimate of drug-likeness (QED) is 0.515. The van der Waals surface area contributed by atoms with E-state index >= 15 is 0 Å². The SMILES string of the molecule is C=CCCOCCNCCc1cccs1. The van der Waals surface area contributed by atoms with Crippen LogP contribution in [0.3, 0.4) is 0 Å². The zero-order valence-corrected chi connectivity index (χ0v) is 9.89. The minimum Gasteiger partial charge on any atom is -0.380 e. The lowest BCUT2D eigenvalue weighted by atomic mass is 10.3. The van der Waals surface area contributed by atoms with Crippen LogP contribution in [0.4, 0.5) is 0 Å². The molecule has 0 aromatic carbocycles. The summed E-state index contributed by atoms with van der Waals surface area (Å²) in [5.74, 6) is 0. The van der Waals surface area contributed by atoms with Gasteiger partial charge in [0.15, 0.2) is 0 Å². The van der Waals surface area contributed by atoms with Crippen molar-refractivity contribution in [2.45, 2.75) is 12.8 Å². The predicted octanol–water partition coefficient (Wildman–Crippen LogP) is 2.47. The molecule has 0 radical (unpaired) electrons. The van der Waals surface area contributed by atoms with Gasteiger partial charge in [-0.05, 0) is 24.3 Å². The Kier molecular flexibility index (Phi) is 7.17. The van der Waals surface area contributed by atoms with Crippen LogP contribution in [-0.4, -0.2) is 26.3 Å². The molecular weight excluding hydrogens is 206 g/mol. The van der Waals surface area contributed by atoms with Crippen LogP contribution in [0.15, 0.2) is 30.2 Å². The summed E-state index contributed by atoms with van der Waals surface area (Å²) in [5.41, 5.74) is 0. The van der Waals surface area contributed by atoms with E-state index in [1.807, 2.05) is 17.4 Å². The van der Waals surface area contributed by atoms with Crippen LogP contribution in [0.1, 0.15) is 11.3 Å². The average molecular weight is 225 g/mol. The van der Waals surface area contributed by atoms with Crippen molar-refractivity contribution in [2.75, 3.05) is 26.3 Å². The molecule has 0 atom stereocenters. The van der Waals surface area contributed by atoms with Gasteiger partial charge in [0, 0.05) is 18.0 Å². The fourth-order valence-electron chi connectivity index (χ4n) is 1.20. The summed E-state index contributed by atoms with van der Waals surface area (Å²) < 4.78 is 5.38. The molecular formula is C12H19NOS. The zero-order chi connectivity index (χ0) is 10.8. The molecule has 0 amide bonds. The van der Waals surface area contributed by atoms with Crippen molar-refractivity contribution in [2.24, 2.45) is 0 Å². The van der Waals surface area contributed by atoms with Crippen LogP contribution < -0.4 is 5.32 Å². The fourth-order valence-corrected chi connectivity index (χ4v) is 1.91. The lowest BCUT2D eigenvalue weighted by Gasteiger charge is -2.04. The van der Waals surface area contributed by atoms with Crippen molar-refractivity contribution < 1.29 is 4.74 Å². The van der Waals surface area contributed by atoms with Crippen molar-refractivity contribution >= 4 is 11.3 Å². The zero-order valence-electron chi connectivity index (χ0n) is 9.08. The summed E-state index contributed by atoms with van der Waals surface area (Å²) in [7, 11) is 0. The highest BCUT2D eigenvalue weighted by molar-refractivity contribution is 7.09. The van der Waals surface area contributed by atoms with Gasteiger partial charge in [-0.15, -0.1) is 17.9 Å². The Morgan fingerprint density at radius 2 is 2.33 bits per heavy atom. The molecule has 1 aromatic rings. The maximum Gasteiger partial charge on any atom is 0.0591 e. The summed E-state index contributed by atoms with van der Waals surface area (Å²) in [6, 6.07) is 4.27. The number of rotatable bonds is 9. The van der Waals surface area contributed by atoms with Crippen LogP contribution in [0.5, 0.6) is 0 Å². The number of hydrogen-bond donors (Lipinski definition) is 1. The van der Waals surface area contributed by atoms with Gasteiger partial charge in [-0.1, -0.05) is 12.1 Å². The van der Waals surface area contributed by atoms with Crippen molar-refractivity contribution in [3.8, 4) is 0 Å². The van der Waals surface area contributed by atoms with Gasteiger partial charge in [-0.3, -0.25) is 0 Å². The standard InChI is InChI=1S/C12H19NOS/c1-2-3-9-14-10-8-13-7-6-12-5-4-11-15-12/h2,4-5,11,13H,1,3,6-10H2. The van der Waals surface area contributed by atoms with Crippen molar-refractivity contribution in [1.29, 1.82) is 0 Å². The molecule has 0 aliphatic heterocycles. The molecule has 1 heterocycles. The second-order valence-electron chi connectivity index (χ2n) is 3.27. The van der Waals surface area contributed by atoms with Gasteiger partial charge in [-0.2, -0.15) is 0 Å². The molecule has 0 bridgehead atoms. The highest BCUT2D eigenvalue weighted by Gasteiger charge is 1.92. The summed E-state index contributed by atoms with van der Waals surface area (Å²) >= 11 is 1.82. The summed E-state index contributed by atoms with van der Waals surface area (Å²) in [5, 5.41) is 5.48. The van der Waals surface area contributed by atoms with Crippen LogP contribution in [0.2, 0.25) is 0 Å². The third kappa shape index (κ3) is 6.44. The summed E-state index contributed by atoms with van der Waals surface area (Å²) in [4.78, 5) is 1.44. The largest absolute Gasteiger partial charge is 0.380 e. The van der Waals surface area contributed by atoms with Gasteiger partial charge in [0.05, 0.1) is 13.2 Å². The molecule has 2 nitrogen and oxygen atoms in total. The summed E-state index contributed by atoms with van der Waals surface area (Å²) in [6.45, 7) is 7.19. The normalized spacial score (nSPS) is 10.4. The Morgan fingerprint density at radius 3 is 3.07 bits per heavy atom. The van der Waals surface area contributed by atoms with E-state index < -0.39 is 0 Å². The maximum atomic E-state index is 5.38. The number of ether oxygens (including phenoxy) is 1. The Labute approximate surface area is 96.0 Å². The second-order valence-corrected chi connectivity index (χ2v) is 4.30. The van der Waals surface area contributed by atoms with E-state index in [0.717, 1.165) is 39.1 Å². The van der Waals surface area contributed by atoms with Crippen LogP contribution in [-0.2, 0) is 11.2 Å². The molecule has 0 spiro atoms. The first-order valence-corrected chi connectivity index (χ1v) is 6.23. The minimum atomic E-state index is 0.788. The van der Waals surface area contributed by atoms with Crippen LogP contribution >= 0.6 is 11.3 Å². The molecule has 0 fully saturated rings. The minimum absolute atomic E-state index is 0.788. The van der Waals surface area contributed by atoms with Gasteiger partial charge in [0.25, 0.3) is 0 Å². The maximum absolute atomic E-state index is 5.38. The van der Waals surface area contributed by atoms with Gasteiger partial charge >= 0.3 is 0 Å².